The van der Waals surface area contributed by atoms with Crippen LogP contribution in [0.3, 0.4) is 0 Å². The number of anilines is 1. The Kier molecular flexibility index (Phi) is 7.17. The van der Waals surface area contributed by atoms with E-state index in [1.54, 1.807) is 41.8 Å². The van der Waals surface area contributed by atoms with Gasteiger partial charge in [0.25, 0.3) is 0 Å². The zero-order valence-corrected chi connectivity index (χ0v) is 19.1. The molecule has 1 saturated heterocycles. The Morgan fingerprint density at radius 2 is 1.81 bits per heavy atom. The van der Waals surface area contributed by atoms with Crippen LogP contribution in [0.25, 0.3) is 5.69 Å². The van der Waals surface area contributed by atoms with Gasteiger partial charge in [0, 0.05) is 43.9 Å². The van der Waals surface area contributed by atoms with E-state index in [9.17, 15) is 14.4 Å². The summed E-state index contributed by atoms with van der Waals surface area (Å²) < 4.78 is 1.35. The van der Waals surface area contributed by atoms with Crippen molar-refractivity contribution < 1.29 is 9.59 Å². The van der Waals surface area contributed by atoms with Crippen molar-refractivity contribution in [3.8, 4) is 5.69 Å². The van der Waals surface area contributed by atoms with E-state index < -0.39 is 11.2 Å². The molecule has 32 heavy (non-hydrogen) atoms. The van der Waals surface area contributed by atoms with Gasteiger partial charge in [-0.2, -0.15) is 4.98 Å². The maximum absolute atomic E-state index is 12.6. The first-order valence-corrected chi connectivity index (χ1v) is 10.6. The van der Waals surface area contributed by atoms with Crippen LogP contribution >= 0.6 is 11.6 Å². The van der Waals surface area contributed by atoms with Crippen LogP contribution in [-0.2, 0) is 11.3 Å². The first kappa shape index (κ1) is 23.7. The first-order valence-electron chi connectivity index (χ1n) is 10.3. The molecule has 0 bridgehead atoms. The number of rotatable bonds is 5. The summed E-state index contributed by atoms with van der Waals surface area (Å²) in [6.45, 7) is 5.45. The summed E-state index contributed by atoms with van der Waals surface area (Å²) in [5.74, 6) is -0.00215. The second kappa shape index (κ2) is 9.68. The van der Waals surface area contributed by atoms with Crippen LogP contribution in [0, 0.1) is 0 Å². The highest BCUT2D eigenvalue weighted by atomic mass is 35.5. The number of benzene rings is 1. The Morgan fingerprint density at radius 1 is 1.16 bits per heavy atom. The fourth-order valence-corrected chi connectivity index (χ4v) is 3.64. The summed E-state index contributed by atoms with van der Waals surface area (Å²) in [5.41, 5.74) is 5.87. The van der Waals surface area contributed by atoms with Crippen LogP contribution in [-0.4, -0.2) is 70.1 Å². The number of carbonyl (C=O) groups is 2. The van der Waals surface area contributed by atoms with Gasteiger partial charge in [0.1, 0.15) is 5.82 Å². The number of nitrogens with zero attached hydrogens (tertiary/aromatic N) is 4. The van der Waals surface area contributed by atoms with Gasteiger partial charge in [0.2, 0.25) is 5.91 Å². The third-order valence-corrected chi connectivity index (χ3v) is 5.48. The van der Waals surface area contributed by atoms with Gasteiger partial charge in [0.15, 0.2) is 0 Å². The second-order valence-corrected chi connectivity index (χ2v) is 8.61. The van der Waals surface area contributed by atoms with Crippen LogP contribution in [0.5, 0.6) is 0 Å². The number of hydrogen-bond donors (Lipinski definition) is 3. The Labute approximate surface area is 191 Å². The summed E-state index contributed by atoms with van der Waals surface area (Å²) in [7, 11) is 1.83. The highest BCUT2D eigenvalue weighted by Crippen LogP contribution is 2.20. The van der Waals surface area contributed by atoms with Crippen molar-refractivity contribution in [3.63, 3.8) is 0 Å². The van der Waals surface area contributed by atoms with Gasteiger partial charge in [-0.25, -0.2) is 9.59 Å². The van der Waals surface area contributed by atoms with E-state index >= 15 is 0 Å². The van der Waals surface area contributed by atoms with Crippen molar-refractivity contribution in [3.05, 3.63) is 51.5 Å². The topological polar surface area (TPSA) is 126 Å². The molecule has 11 heteroatoms. The SMILES string of the molecule is CNCc1ccc(-n2ccc(NC(=O)N3CCN(C(=O)C(C)(C)N)CC3)nc2=O)cc1Cl. The Bertz CT molecular complexity index is 1060. The first-order chi connectivity index (χ1) is 15.1. The lowest BCUT2D eigenvalue weighted by Crippen LogP contribution is -2.58. The molecule has 1 fully saturated rings. The summed E-state index contributed by atoms with van der Waals surface area (Å²) in [6, 6.07) is 6.48. The molecule has 0 aliphatic carbocycles. The lowest BCUT2D eigenvalue weighted by atomic mass is 10.1. The number of piperazine rings is 1. The molecule has 1 aliphatic rings. The minimum Gasteiger partial charge on any atom is -0.338 e. The number of urea groups is 1. The average molecular weight is 462 g/mol. The highest BCUT2D eigenvalue weighted by molar-refractivity contribution is 6.31. The average Bonchev–Trinajstić information content (AvgIpc) is 2.74. The van der Waals surface area contributed by atoms with Crippen molar-refractivity contribution in [2.75, 3.05) is 38.5 Å². The standard InChI is InChI=1S/C21H28ClN7O3/c1-21(2,23)18(30)27-8-10-28(11-9-27)19(31)25-17-6-7-29(20(32)26-17)15-5-4-14(13-24-3)16(22)12-15/h4-7,12,24H,8-11,13,23H2,1-3H3,(H,25,26,31,32). The number of carbonyl (C=O) groups excluding carboxylic acids is 2. The number of hydrogen-bond acceptors (Lipinski definition) is 6. The lowest BCUT2D eigenvalue weighted by molar-refractivity contribution is -0.137. The van der Waals surface area contributed by atoms with Crippen LogP contribution in [0.4, 0.5) is 10.6 Å². The van der Waals surface area contributed by atoms with Crippen LogP contribution in [0.2, 0.25) is 5.02 Å². The lowest BCUT2D eigenvalue weighted by Gasteiger charge is -2.37. The van der Waals surface area contributed by atoms with E-state index in [0.717, 1.165) is 5.56 Å². The molecule has 4 N–H and O–H groups in total. The van der Waals surface area contributed by atoms with E-state index in [0.29, 0.717) is 43.4 Å². The largest absolute Gasteiger partial charge is 0.354 e. The van der Waals surface area contributed by atoms with E-state index in [1.807, 2.05) is 13.1 Å². The van der Waals surface area contributed by atoms with Crippen molar-refractivity contribution >= 4 is 29.4 Å². The molecule has 1 aromatic heterocycles. The number of nitrogens with one attached hydrogen (secondary N) is 2. The zero-order chi connectivity index (χ0) is 23.5. The number of halogens is 1. The molecular formula is C21H28ClN7O3. The maximum atomic E-state index is 12.6. The van der Waals surface area contributed by atoms with Crippen molar-refractivity contribution in [2.45, 2.75) is 25.9 Å². The predicted octanol–water partition coefficient (Wildman–Crippen LogP) is 1.02. The molecule has 2 aromatic rings. The molecule has 1 aromatic carbocycles. The van der Waals surface area contributed by atoms with Crippen LogP contribution in [0.1, 0.15) is 19.4 Å². The third kappa shape index (κ3) is 5.45. The molecule has 1 aliphatic heterocycles. The quantitative estimate of drug-likeness (QED) is 0.610. The second-order valence-electron chi connectivity index (χ2n) is 8.20. The minimum absolute atomic E-state index is 0.149. The van der Waals surface area contributed by atoms with Gasteiger partial charge < -0.3 is 20.9 Å². The highest BCUT2D eigenvalue weighted by Gasteiger charge is 2.31. The Hall–Kier alpha value is -2.95. The van der Waals surface area contributed by atoms with E-state index in [2.05, 4.69) is 15.6 Å². The number of aromatic nitrogens is 2. The predicted molar refractivity (Wildman–Crippen MR) is 123 cm³/mol. The molecule has 172 valence electrons. The molecule has 2 heterocycles. The molecule has 10 nitrogen and oxygen atoms in total. The molecular weight excluding hydrogens is 434 g/mol. The van der Waals surface area contributed by atoms with Crippen molar-refractivity contribution in [1.82, 2.24) is 24.7 Å². The molecule has 3 rings (SSSR count). The van der Waals surface area contributed by atoms with Crippen molar-refractivity contribution in [2.24, 2.45) is 5.73 Å². The fraction of sp³-hybridized carbons (Fsp3) is 0.429. The van der Waals surface area contributed by atoms with E-state index in [1.165, 1.54) is 10.8 Å². The molecule has 0 radical (unpaired) electrons. The van der Waals surface area contributed by atoms with Gasteiger partial charge in [0.05, 0.1) is 11.2 Å². The number of amides is 3. The zero-order valence-electron chi connectivity index (χ0n) is 18.4. The third-order valence-electron chi connectivity index (χ3n) is 5.13. The monoisotopic (exact) mass is 461 g/mol. The molecule has 0 unspecified atom stereocenters. The van der Waals surface area contributed by atoms with Gasteiger partial charge in [-0.15, -0.1) is 0 Å². The van der Waals surface area contributed by atoms with Gasteiger partial charge in [-0.05, 0) is 44.7 Å². The molecule has 0 atom stereocenters. The van der Waals surface area contributed by atoms with Gasteiger partial charge in [-0.1, -0.05) is 17.7 Å². The summed E-state index contributed by atoms with van der Waals surface area (Å²) in [6.07, 6.45) is 1.54. The smallest absolute Gasteiger partial charge is 0.338 e. The molecule has 0 spiro atoms. The fourth-order valence-electron chi connectivity index (χ4n) is 3.40. The number of nitrogens with two attached hydrogens (primary N) is 1. The maximum Gasteiger partial charge on any atom is 0.354 e. The summed E-state index contributed by atoms with van der Waals surface area (Å²) in [5, 5.41) is 6.21. The molecule has 3 amide bonds. The summed E-state index contributed by atoms with van der Waals surface area (Å²) in [4.78, 5) is 44.5. The van der Waals surface area contributed by atoms with E-state index in [4.69, 9.17) is 17.3 Å². The Morgan fingerprint density at radius 3 is 2.38 bits per heavy atom. The molecule has 0 saturated carbocycles. The minimum atomic E-state index is -0.949. The van der Waals surface area contributed by atoms with Gasteiger partial charge >= 0.3 is 11.7 Å². The van der Waals surface area contributed by atoms with E-state index in [-0.39, 0.29) is 17.8 Å². The summed E-state index contributed by atoms with van der Waals surface area (Å²) >= 11 is 6.28. The normalized spacial score (nSPS) is 14.4. The van der Waals surface area contributed by atoms with Gasteiger partial charge in [-0.3, -0.25) is 14.7 Å². The van der Waals surface area contributed by atoms with Crippen molar-refractivity contribution in [1.29, 1.82) is 0 Å². The van der Waals surface area contributed by atoms with Crippen LogP contribution < -0.4 is 22.1 Å². The van der Waals surface area contributed by atoms with Crippen LogP contribution in [0.15, 0.2) is 35.3 Å². The Balaban J connectivity index is 1.64.